The number of carbonyl (C=O) groups excluding carboxylic acids is 2. The first-order valence-corrected chi connectivity index (χ1v) is 10.9. The van der Waals surface area contributed by atoms with Crippen LogP contribution in [0.3, 0.4) is 0 Å². The number of Topliss-reactive ketones (excluding diaryl/α,β-unsaturated/α-hetero) is 1. The molecule has 1 fully saturated rings. The predicted molar refractivity (Wildman–Crippen MR) is 128 cm³/mol. The van der Waals surface area contributed by atoms with E-state index in [1.807, 2.05) is 30.3 Å². The van der Waals surface area contributed by atoms with Crippen molar-refractivity contribution in [2.45, 2.75) is 12.5 Å². The summed E-state index contributed by atoms with van der Waals surface area (Å²) in [5.41, 5.74) is 1.92. The van der Waals surface area contributed by atoms with Crippen LogP contribution in [0.15, 0.2) is 97.1 Å². The SMILES string of the molecule is C=CCOc1ccc(C2/C(=C(\O)c3ccc(F)cc3)C(=O)C(=O)N2CCc2ccccc2)cc1. The third-order valence-electron chi connectivity index (χ3n) is 5.71. The second-order valence-corrected chi connectivity index (χ2v) is 7.90. The molecule has 1 saturated heterocycles. The molecule has 1 aliphatic rings. The van der Waals surface area contributed by atoms with E-state index in [2.05, 4.69) is 6.58 Å². The van der Waals surface area contributed by atoms with E-state index in [9.17, 15) is 19.1 Å². The third-order valence-corrected chi connectivity index (χ3v) is 5.71. The maximum atomic E-state index is 13.4. The smallest absolute Gasteiger partial charge is 0.295 e. The van der Waals surface area contributed by atoms with Gasteiger partial charge in [-0.05, 0) is 53.9 Å². The Bertz CT molecular complexity index is 1220. The Morgan fingerprint density at radius 2 is 1.68 bits per heavy atom. The number of ether oxygens (including phenoxy) is 1. The zero-order valence-corrected chi connectivity index (χ0v) is 18.5. The highest BCUT2D eigenvalue weighted by molar-refractivity contribution is 6.46. The number of benzene rings is 3. The van der Waals surface area contributed by atoms with Crippen LogP contribution < -0.4 is 4.74 Å². The van der Waals surface area contributed by atoms with Crippen LogP contribution in [0, 0.1) is 5.82 Å². The summed E-state index contributed by atoms with van der Waals surface area (Å²) < 4.78 is 19.0. The van der Waals surface area contributed by atoms with Gasteiger partial charge in [0.15, 0.2) is 0 Å². The molecule has 1 N–H and O–H groups in total. The summed E-state index contributed by atoms with van der Waals surface area (Å²) in [4.78, 5) is 27.6. The van der Waals surface area contributed by atoms with Crippen molar-refractivity contribution in [3.63, 3.8) is 0 Å². The molecule has 0 spiro atoms. The molecule has 1 atom stereocenters. The Morgan fingerprint density at radius 1 is 1.00 bits per heavy atom. The van der Waals surface area contributed by atoms with Crippen molar-refractivity contribution >= 4 is 17.4 Å². The number of hydrogen-bond acceptors (Lipinski definition) is 4. The lowest BCUT2D eigenvalue weighted by Gasteiger charge is -2.25. The first-order chi connectivity index (χ1) is 16.5. The van der Waals surface area contributed by atoms with Crippen LogP contribution in [0.2, 0.25) is 0 Å². The van der Waals surface area contributed by atoms with E-state index in [0.717, 1.165) is 5.56 Å². The van der Waals surface area contributed by atoms with Crippen molar-refractivity contribution < 1.29 is 23.8 Å². The van der Waals surface area contributed by atoms with Crippen molar-refractivity contribution in [3.05, 3.63) is 120 Å². The van der Waals surface area contributed by atoms with Crippen LogP contribution in [0.4, 0.5) is 4.39 Å². The molecule has 3 aromatic rings. The fraction of sp³-hybridized carbons (Fsp3) is 0.143. The third kappa shape index (κ3) is 4.76. The zero-order chi connectivity index (χ0) is 24.1. The number of carbonyl (C=O) groups is 2. The lowest BCUT2D eigenvalue weighted by Crippen LogP contribution is -2.31. The number of hydrogen-bond donors (Lipinski definition) is 1. The first kappa shape index (κ1) is 23.0. The predicted octanol–water partition coefficient (Wildman–Crippen LogP) is 5.05. The Kier molecular flexibility index (Phi) is 6.87. The summed E-state index contributed by atoms with van der Waals surface area (Å²) in [6.45, 7) is 4.26. The lowest BCUT2D eigenvalue weighted by molar-refractivity contribution is -0.139. The zero-order valence-electron chi connectivity index (χ0n) is 18.5. The number of ketones is 1. The number of nitrogens with zero attached hydrogens (tertiary/aromatic N) is 1. The quantitative estimate of drug-likeness (QED) is 0.222. The molecule has 0 saturated carbocycles. The molecule has 1 aliphatic heterocycles. The highest BCUT2D eigenvalue weighted by Gasteiger charge is 2.45. The minimum atomic E-state index is -0.790. The summed E-state index contributed by atoms with van der Waals surface area (Å²) in [6.07, 6.45) is 2.18. The van der Waals surface area contributed by atoms with Gasteiger partial charge in [-0.3, -0.25) is 9.59 Å². The van der Waals surface area contributed by atoms with Gasteiger partial charge in [0.2, 0.25) is 0 Å². The van der Waals surface area contributed by atoms with Gasteiger partial charge in [0.1, 0.15) is 23.9 Å². The van der Waals surface area contributed by atoms with E-state index in [-0.39, 0.29) is 23.4 Å². The van der Waals surface area contributed by atoms with Gasteiger partial charge in [-0.1, -0.05) is 55.1 Å². The van der Waals surface area contributed by atoms with Gasteiger partial charge in [-0.25, -0.2) is 4.39 Å². The number of amides is 1. The Hall–Kier alpha value is -4.19. The van der Waals surface area contributed by atoms with Gasteiger partial charge in [-0.15, -0.1) is 0 Å². The molecule has 0 bridgehead atoms. The minimum Gasteiger partial charge on any atom is -0.507 e. The van der Waals surface area contributed by atoms with E-state index in [1.165, 1.54) is 29.2 Å². The van der Waals surface area contributed by atoms with E-state index < -0.39 is 23.5 Å². The standard InChI is InChI=1S/C28H24FNO4/c1-2-18-34-23-14-10-20(11-15-23)25-24(26(31)21-8-12-22(29)13-9-21)27(32)28(33)30(25)17-16-19-6-4-3-5-7-19/h2-15,25,31H,1,16-18H2/b26-24+. The second-order valence-electron chi connectivity index (χ2n) is 7.90. The second kappa shape index (κ2) is 10.2. The average Bonchev–Trinajstić information content (AvgIpc) is 3.12. The molecule has 4 rings (SSSR count). The number of likely N-dealkylation sites (tertiary alicyclic amines) is 1. The molecule has 1 amide bonds. The van der Waals surface area contributed by atoms with E-state index in [1.54, 1.807) is 30.3 Å². The van der Waals surface area contributed by atoms with Crippen LogP contribution >= 0.6 is 0 Å². The number of aliphatic hydroxyl groups excluding tert-OH is 1. The molecule has 1 unspecified atom stereocenters. The van der Waals surface area contributed by atoms with Crippen molar-refractivity contribution in [1.29, 1.82) is 0 Å². The summed E-state index contributed by atoms with van der Waals surface area (Å²) in [7, 11) is 0. The number of rotatable bonds is 8. The highest BCUT2D eigenvalue weighted by Crippen LogP contribution is 2.40. The van der Waals surface area contributed by atoms with Crippen LogP contribution in [0.25, 0.3) is 5.76 Å². The van der Waals surface area contributed by atoms with Crippen molar-refractivity contribution in [2.24, 2.45) is 0 Å². The van der Waals surface area contributed by atoms with Crippen molar-refractivity contribution in [2.75, 3.05) is 13.2 Å². The Balaban J connectivity index is 1.75. The molecule has 0 aliphatic carbocycles. The van der Waals surface area contributed by atoms with Gasteiger partial charge in [0, 0.05) is 12.1 Å². The summed E-state index contributed by atoms with van der Waals surface area (Å²) >= 11 is 0. The van der Waals surface area contributed by atoms with Gasteiger partial charge in [-0.2, -0.15) is 0 Å². The maximum absolute atomic E-state index is 13.4. The number of halogens is 1. The average molecular weight is 458 g/mol. The molecule has 5 nitrogen and oxygen atoms in total. The molecule has 172 valence electrons. The molecule has 1 heterocycles. The van der Waals surface area contributed by atoms with Gasteiger partial charge >= 0.3 is 0 Å². The topological polar surface area (TPSA) is 66.8 Å². The van der Waals surface area contributed by atoms with E-state index >= 15 is 0 Å². The first-order valence-electron chi connectivity index (χ1n) is 10.9. The normalized spacial score (nSPS) is 17.1. The molecule has 34 heavy (non-hydrogen) atoms. The monoisotopic (exact) mass is 457 g/mol. The highest BCUT2D eigenvalue weighted by atomic mass is 19.1. The summed E-state index contributed by atoms with van der Waals surface area (Å²) in [5.74, 6) is -1.64. The van der Waals surface area contributed by atoms with Crippen molar-refractivity contribution in [3.8, 4) is 5.75 Å². The largest absolute Gasteiger partial charge is 0.507 e. The lowest BCUT2D eigenvalue weighted by atomic mass is 9.95. The summed E-state index contributed by atoms with van der Waals surface area (Å²) in [5, 5.41) is 11.0. The molecular formula is C28H24FNO4. The Labute approximate surface area is 197 Å². The molecule has 0 aromatic heterocycles. The maximum Gasteiger partial charge on any atom is 0.295 e. The summed E-state index contributed by atoms with van der Waals surface area (Å²) in [6, 6.07) is 21.0. The van der Waals surface area contributed by atoms with Crippen LogP contribution in [0.5, 0.6) is 5.75 Å². The molecular weight excluding hydrogens is 433 g/mol. The fourth-order valence-corrected chi connectivity index (χ4v) is 4.02. The van der Waals surface area contributed by atoms with Crippen molar-refractivity contribution in [1.82, 2.24) is 4.90 Å². The fourth-order valence-electron chi connectivity index (χ4n) is 4.02. The van der Waals surface area contributed by atoms with Gasteiger partial charge < -0.3 is 14.7 Å². The molecule has 0 radical (unpaired) electrons. The van der Waals surface area contributed by atoms with Gasteiger partial charge in [0.25, 0.3) is 11.7 Å². The van der Waals surface area contributed by atoms with E-state index in [4.69, 9.17) is 4.74 Å². The van der Waals surface area contributed by atoms with Crippen LogP contribution in [-0.2, 0) is 16.0 Å². The van der Waals surface area contributed by atoms with Crippen LogP contribution in [-0.4, -0.2) is 34.8 Å². The molecule has 6 heteroatoms. The van der Waals surface area contributed by atoms with Crippen LogP contribution in [0.1, 0.15) is 22.7 Å². The van der Waals surface area contributed by atoms with Gasteiger partial charge in [0.05, 0.1) is 11.6 Å². The number of aliphatic hydroxyl groups is 1. The van der Waals surface area contributed by atoms with E-state index in [0.29, 0.717) is 24.3 Å². The Morgan fingerprint density at radius 3 is 2.32 bits per heavy atom. The minimum absolute atomic E-state index is 0.0237. The molecule has 3 aromatic carbocycles.